The first-order chi connectivity index (χ1) is 14.8. The van der Waals surface area contributed by atoms with E-state index < -0.39 is 0 Å². The molecule has 1 saturated carbocycles. The predicted molar refractivity (Wildman–Crippen MR) is 138 cm³/mol. The third kappa shape index (κ3) is 5.00. The highest BCUT2D eigenvalue weighted by Gasteiger charge is 2.58. The van der Waals surface area contributed by atoms with Gasteiger partial charge < -0.3 is 10.6 Å². The topological polar surface area (TPSA) is 77.0 Å². The Morgan fingerprint density at radius 2 is 1.81 bits per heavy atom. The molecule has 0 aromatic rings. The van der Waals surface area contributed by atoms with Crippen LogP contribution in [0.3, 0.4) is 0 Å². The third-order valence-electron chi connectivity index (χ3n) is 7.84. The molecule has 5 atom stereocenters. The summed E-state index contributed by atoms with van der Waals surface area (Å²) < 4.78 is 0. The van der Waals surface area contributed by atoms with E-state index in [0.29, 0.717) is 13.1 Å². The highest BCUT2D eigenvalue weighted by Crippen LogP contribution is 2.52. The van der Waals surface area contributed by atoms with Crippen LogP contribution >= 0.6 is 24.0 Å². The molecule has 2 aliphatic heterocycles. The number of carbonyl (C=O) groups is 2. The van der Waals surface area contributed by atoms with Gasteiger partial charge in [-0.15, -0.1) is 24.0 Å². The lowest BCUT2D eigenvalue weighted by molar-refractivity contribution is -0.140. The number of guanidine groups is 1. The first-order valence-electron chi connectivity index (χ1n) is 12.0. The molecule has 180 valence electrons. The number of carbonyl (C=O) groups excluding carboxylic acids is 2. The summed E-state index contributed by atoms with van der Waals surface area (Å²) in [6.45, 7) is 11.2. The fourth-order valence-electron chi connectivity index (χ4n) is 6.00. The molecule has 0 aromatic heterocycles. The standard InChI is InChI=1S/C24H39N5O2.HI/c1-16-7-5-11-28(14-16)24(2,3)15-27-23(25-4)26-10-6-12-29-21(30)19-17-8-9-18(13-17)20(19)22(29)31;/h8-9,16-20H,5-7,10-15H2,1-4H3,(H2,25,26,27);1H. The highest BCUT2D eigenvalue weighted by atomic mass is 127. The van der Waals surface area contributed by atoms with Crippen molar-refractivity contribution in [1.82, 2.24) is 20.4 Å². The van der Waals surface area contributed by atoms with Gasteiger partial charge in [0.25, 0.3) is 0 Å². The van der Waals surface area contributed by atoms with Gasteiger partial charge in [0.05, 0.1) is 11.8 Å². The lowest BCUT2D eigenvalue weighted by Gasteiger charge is -2.43. The van der Waals surface area contributed by atoms with E-state index in [9.17, 15) is 9.59 Å². The first-order valence-corrected chi connectivity index (χ1v) is 12.0. The molecule has 2 aliphatic carbocycles. The van der Waals surface area contributed by atoms with Crippen LogP contribution in [0.2, 0.25) is 0 Å². The zero-order chi connectivity index (χ0) is 22.2. The fourth-order valence-corrected chi connectivity index (χ4v) is 6.00. The minimum atomic E-state index is -0.0929. The largest absolute Gasteiger partial charge is 0.356 e. The van der Waals surface area contributed by atoms with Gasteiger partial charge in [0.15, 0.2) is 5.96 Å². The number of imide groups is 1. The minimum Gasteiger partial charge on any atom is -0.356 e. The second kappa shape index (κ2) is 10.4. The van der Waals surface area contributed by atoms with Crippen molar-refractivity contribution >= 4 is 41.8 Å². The highest BCUT2D eigenvalue weighted by molar-refractivity contribution is 14.0. The van der Waals surface area contributed by atoms with Crippen molar-refractivity contribution in [2.24, 2.45) is 34.6 Å². The van der Waals surface area contributed by atoms with Gasteiger partial charge in [0.1, 0.15) is 0 Å². The van der Waals surface area contributed by atoms with Gasteiger partial charge in [0, 0.05) is 38.8 Å². The Bertz CT molecular complexity index is 737. The van der Waals surface area contributed by atoms with Gasteiger partial charge in [0.2, 0.25) is 11.8 Å². The summed E-state index contributed by atoms with van der Waals surface area (Å²) in [5, 5.41) is 6.81. The first kappa shape index (κ1) is 25.5. The number of hydrogen-bond donors (Lipinski definition) is 2. The molecular weight excluding hydrogens is 517 g/mol. The second-order valence-electron chi connectivity index (χ2n) is 10.5. The maximum absolute atomic E-state index is 12.8. The molecule has 7 nitrogen and oxygen atoms in total. The summed E-state index contributed by atoms with van der Waals surface area (Å²) in [6, 6.07) is 0. The van der Waals surface area contributed by atoms with Gasteiger partial charge in [-0.05, 0) is 63.8 Å². The number of allylic oxidation sites excluding steroid dienone is 2. The van der Waals surface area contributed by atoms with E-state index >= 15 is 0 Å². The van der Waals surface area contributed by atoms with Crippen LogP contribution in [0.25, 0.3) is 0 Å². The number of amides is 2. The normalized spacial score (nSPS) is 32.3. The summed E-state index contributed by atoms with van der Waals surface area (Å²) in [7, 11) is 1.78. The van der Waals surface area contributed by atoms with E-state index in [0.717, 1.165) is 44.4 Å². The molecule has 4 rings (SSSR count). The third-order valence-corrected chi connectivity index (χ3v) is 7.84. The Kier molecular flexibility index (Phi) is 8.28. The Morgan fingerprint density at radius 3 is 2.41 bits per heavy atom. The number of nitrogens with one attached hydrogen (secondary N) is 2. The maximum Gasteiger partial charge on any atom is 0.233 e. The summed E-state index contributed by atoms with van der Waals surface area (Å²) in [5.74, 6) is 2.00. The van der Waals surface area contributed by atoms with E-state index in [2.05, 4.69) is 53.4 Å². The Morgan fingerprint density at radius 1 is 1.16 bits per heavy atom. The molecule has 2 amide bonds. The van der Waals surface area contributed by atoms with E-state index in [4.69, 9.17) is 0 Å². The predicted octanol–water partition coefficient (Wildman–Crippen LogP) is 2.48. The molecule has 32 heavy (non-hydrogen) atoms. The van der Waals surface area contributed by atoms with Crippen molar-refractivity contribution < 1.29 is 9.59 Å². The van der Waals surface area contributed by atoms with Crippen LogP contribution in [0.1, 0.15) is 46.5 Å². The summed E-state index contributed by atoms with van der Waals surface area (Å²) in [6.07, 6.45) is 8.59. The van der Waals surface area contributed by atoms with Crippen molar-refractivity contribution in [3.8, 4) is 0 Å². The number of hydrogen-bond acceptors (Lipinski definition) is 4. The number of fused-ring (bicyclic) bond motifs is 5. The lowest BCUT2D eigenvalue weighted by atomic mass is 9.85. The van der Waals surface area contributed by atoms with Crippen molar-refractivity contribution in [2.45, 2.75) is 52.0 Å². The number of piperidine rings is 1. The average molecular weight is 558 g/mol. The zero-order valence-corrected chi connectivity index (χ0v) is 22.3. The Labute approximate surface area is 209 Å². The molecule has 0 aromatic carbocycles. The van der Waals surface area contributed by atoms with E-state index in [1.54, 1.807) is 7.05 Å². The van der Waals surface area contributed by atoms with Crippen LogP contribution in [0.15, 0.2) is 17.1 Å². The van der Waals surface area contributed by atoms with Crippen molar-refractivity contribution in [3.05, 3.63) is 12.2 Å². The quantitative estimate of drug-likeness (QED) is 0.126. The van der Waals surface area contributed by atoms with E-state index in [1.807, 2.05) is 0 Å². The monoisotopic (exact) mass is 557 g/mol. The Hall–Kier alpha value is -1.16. The fraction of sp³-hybridized carbons (Fsp3) is 0.792. The molecule has 4 aliphatic rings. The van der Waals surface area contributed by atoms with E-state index in [1.165, 1.54) is 17.7 Å². The van der Waals surface area contributed by atoms with Gasteiger partial charge in [-0.1, -0.05) is 19.1 Å². The van der Waals surface area contributed by atoms with Gasteiger partial charge in [-0.2, -0.15) is 0 Å². The smallest absolute Gasteiger partial charge is 0.233 e. The van der Waals surface area contributed by atoms with Crippen molar-refractivity contribution in [3.63, 3.8) is 0 Å². The van der Waals surface area contributed by atoms with Crippen LogP contribution in [0.5, 0.6) is 0 Å². The Balaban J connectivity index is 0.00000289. The molecule has 2 N–H and O–H groups in total. The molecule has 2 bridgehead atoms. The van der Waals surface area contributed by atoms with Gasteiger partial charge >= 0.3 is 0 Å². The van der Waals surface area contributed by atoms with Crippen LogP contribution in [-0.4, -0.2) is 72.9 Å². The number of rotatable bonds is 7. The van der Waals surface area contributed by atoms with Crippen LogP contribution in [0, 0.1) is 29.6 Å². The van der Waals surface area contributed by atoms with Gasteiger partial charge in [-0.25, -0.2) is 0 Å². The number of nitrogens with zero attached hydrogens (tertiary/aromatic N) is 3. The maximum atomic E-state index is 12.8. The second-order valence-corrected chi connectivity index (χ2v) is 10.5. The zero-order valence-electron chi connectivity index (χ0n) is 20.0. The number of aliphatic imine (C=N–C) groups is 1. The van der Waals surface area contributed by atoms with Crippen LogP contribution in [0.4, 0.5) is 0 Å². The number of halogens is 1. The SMILES string of the molecule is CN=C(NCCCN1C(=O)C2C3C=CC(C3)C2C1=O)NCC(C)(C)N1CCCC(C)C1.I. The summed E-state index contributed by atoms with van der Waals surface area (Å²) >= 11 is 0. The summed E-state index contributed by atoms with van der Waals surface area (Å²) in [5.41, 5.74) is 0.0614. The molecule has 5 unspecified atom stereocenters. The molecule has 2 saturated heterocycles. The molecular formula is C24H40IN5O2. The van der Waals surface area contributed by atoms with Crippen molar-refractivity contribution in [2.75, 3.05) is 39.8 Å². The van der Waals surface area contributed by atoms with Crippen molar-refractivity contribution in [1.29, 1.82) is 0 Å². The molecule has 0 spiro atoms. The molecule has 8 heteroatoms. The van der Waals surface area contributed by atoms with Crippen LogP contribution < -0.4 is 10.6 Å². The average Bonchev–Trinajstić information content (AvgIpc) is 3.42. The van der Waals surface area contributed by atoms with Gasteiger partial charge in [-0.3, -0.25) is 24.4 Å². The molecule has 0 radical (unpaired) electrons. The lowest BCUT2D eigenvalue weighted by Crippen LogP contribution is -2.56. The van der Waals surface area contributed by atoms with Crippen LogP contribution in [-0.2, 0) is 9.59 Å². The number of likely N-dealkylation sites (tertiary alicyclic amines) is 2. The summed E-state index contributed by atoms with van der Waals surface area (Å²) in [4.78, 5) is 34.0. The van der Waals surface area contributed by atoms with E-state index in [-0.39, 0.29) is 65.0 Å². The minimum absolute atomic E-state index is 0. The molecule has 2 heterocycles. The molecule has 3 fully saturated rings.